The molecule has 1 amide bonds. The second-order valence-corrected chi connectivity index (χ2v) is 15.2. The van der Waals surface area contributed by atoms with E-state index >= 15 is 0 Å². The third-order valence-corrected chi connectivity index (χ3v) is 11.8. The average molecular weight is 792 g/mol. The fourth-order valence-electron chi connectivity index (χ4n) is 8.52. The Morgan fingerprint density at radius 3 is 2.45 bits per heavy atom. The van der Waals surface area contributed by atoms with Crippen LogP contribution in [0.5, 0.6) is 17.6 Å². The molecule has 4 aliphatic rings. The lowest BCUT2D eigenvalue weighted by Crippen LogP contribution is -2.38. The van der Waals surface area contributed by atoms with Gasteiger partial charge >= 0.3 is 12.1 Å². The van der Waals surface area contributed by atoms with Crippen LogP contribution in [-0.2, 0) is 35.3 Å². The first kappa shape index (κ1) is 38.0. The summed E-state index contributed by atoms with van der Waals surface area (Å²) in [7, 11) is 2.88. The van der Waals surface area contributed by atoms with Crippen molar-refractivity contribution in [2.45, 2.75) is 82.0 Å². The van der Waals surface area contributed by atoms with E-state index in [2.05, 4.69) is 15.6 Å². The van der Waals surface area contributed by atoms with Gasteiger partial charge in [-0.15, -0.1) is 0 Å². The fourth-order valence-corrected chi connectivity index (χ4v) is 8.85. The molecule has 0 bridgehead atoms. The van der Waals surface area contributed by atoms with Gasteiger partial charge in [-0.2, -0.15) is 18.2 Å². The number of piperidine rings is 1. The number of carbonyl (C=O) groups excluding carboxylic acids is 1. The molecule has 2 aromatic carbocycles. The van der Waals surface area contributed by atoms with Gasteiger partial charge in [0.15, 0.2) is 0 Å². The summed E-state index contributed by atoms with van der Waals surface area (Å²) in [6.07, 6.45) is -1.95. The van der Waals surface area contributed by atoms with Crippen LogP contribution in [0.4, 0.5) is 13.2 Å². The number of aliphatic carboxylic acids is 1. The summed E-state index contributed by atoms with van der Waals surface area (Å²) < 4.78 is 61.1. The van der Waals surface area contributed by atoms with Crippen LogP contribution in [0.25, 0.3) is 22.4 Å². The number of fused-ring (bicyclic) bond motifs is 2. The number of methoxy groups -OCH3 is 2. The third-order valence-electron chi connectivity index (χ3n) is 11.4. The summed E-state index contributed by atoms with van der Waals surface area (Å²) in [4.78, 5) is 34.2. The highest BCUT2D eigenvalue weighted by atomic mass is 35.5. The SMILES string of the molecule is COc1nc(-c2cccc(-c3cccc4c3CC[C@@H]4Oc3nc(OC)c(CN4[C@H](C(=O)O)C[C@@H]5C[C@@H]54)cc3C(F)(F)F)c2Cl)ccc1CNC[C@@H]1CCC(=O)N1. The van der Waals surface area contributed by atoms with Gasteiger partial charge in [0.1, 0.15) is 17.7 Å². The minimum Gasteiger partial charge on any atom is -0.481 e. The Hall–Kier alpha value is -4.92. The first-order valence-electron chi connectivity index (χ1n) is 18.7. The van der Waals surface area contributed by atoms with Gasteiger partial charge in [0, 0.05) is 60.4 Å². The van der Waals surface area contributed by atoms with E-state index in [4.69, 9.17) is 30.8 Å². The number of alkyl halides is 3. The van der Waals surface area contributed by atoms with E-state index in [0.29, 0.717) is 60.9 Å². The standard InChI is InChI=1S/C41H41ClF3N5O6/c1-54-37-21(18-46-19-24-10-14-35(51)47-24)9-12-31(48-37)29-8-4-7-28(36(29)42)25-5-3-6-27-26(25)11-13-34(27)56-39-30(41(43,44)45)15-23(38(49-39)55-2)20-50-32-16-22(32)17-33(50)40(52)53/h3-9,12,15,22,24,32-34,46H,10-11,13-14,16-20H2,1-2H3,(H,47,51)(H,52,53)/t22-,24-,32-,33-,34-/m0/s1. The molecule has 3 fully saturated rings. The van der Waals surface area contributed by atoms with Crippen LogP contribution >= 0.6 is 11.6 Å². The molecule has 294 valence electrons. The highest BCUT2D eigenvalue weighted by Crippen LogP contribution is 2.50. The second-order valence-electron chi connectivity index (χ2n) is 14.8. The molecule has 0 unspecified atom stereocenters. The van der Waals surface area contributed by atoms with E-state index in [0.717, 1.165) is 46.7 Å². The normalized spacial score (nSPS) is 22.8. The lowest BCUT2D eigenvalue weighted by molar-refractivity contribution is -0.143. The van der Waals surface area contributed by atoms with E-state index in [-0.39, 0.29) is 41.9 Å². The number of benzene rings is 2. The molecular weight excluding hydrogens is 751 g/mol. The zero-order valence-corrected chi connectivity index (χ0v) is 31.5. The predicted octanol–water partition coefficient (Wildman–Crippen LogP) is 6.98. The summed E-state index contributed by atoms with van der Waals surface area (Å²) in [6, 6.07) is 15.4. The molecule has 0 spiro atoms. The lowest BCUT2D eigenvalue weighted by Gasteiger charge is -2.26. The molecule has 2 aliphatic heterocycles. The second kappa shape index (κ2) is 15.2. The summed E-state index contributed by atoms with van der Waals surface area (Å²) in [5.74, 6) is -0.867. The molecule has 11 nitrogen and oxygen atoms in total. The number of carboxylic acid groups (broad SMARTS) is 1. The molecule has 0 radical (unpaired) electrons. The number of aromatic nitrogens is 2. The monoisotopic (exact) mass is 791 g/mol. The van der Waals surface area contributed by atoms with Gasteiger partial charge in [0.05, 0.1) is 24.9 Å². The van der Waals surface area contributed by atoms with E-state index in [1.807, 2.05) is 48.5 Å². The van der Waals surface area contributed by atoms with Gasteiger partial charge in [-0.3, -0.25) is 14.5 Å². The molecule has 3 N–H and O–H groups in total. The Kier molecular flexibility index (Phi) is 10.3. The largest absolute Gasteiger partial charge is 0.481 e. The molecule has 5 atom stereocenters. The molecule has 2 aliphatic carbocycles. The van der Waals surface area contributed by atoms with Crippen molar-refractivity contribution in [3.63, 3.8) is 0 Å². The molecule has 2 saturated heterocycles. The van der Waals surface area contributed by atoms with Crippen molar-refractivity contribution in [2.75, 3.05) is 20.8 Å². The Labute approximate surface area is 326 Å². The van der Waals surface area contributed by atoms with Gasteiger partial charge in [-0.1, -0.05) is 54.1 Å². The molecule has 4 aromatic rings. The van der Waals surface area contributed by atoms with Crippen molar-refractivity contribution < 1.29 is 42.1 Å². The Morgan fingerprint density at radius 1 is 0.964 bits per heavy atom. The van der Waals surface area contributed by atoms with Crippen molar-refractivity contribution in [2.24, 2.45) is 5.92 Å². The average Bonchev–Trinajstić information content (AvgIpc) is 3.42. The maximum atomic E-state index is 14.6. The first-order chi connectivity index (χ1) is 26.9. The number of carboxylic acids is 1. The molecular formula is C41H41ClF3N5O6. The quantitative estimate of drug-likeness (QED) is 0.130. The molecule has 56 heavy (non-hydrogen) atoms. The Bertz CT molecular complexity index is 2190. The van der Waals surface area contributed by atoms with Gasteiger partial charge in [-0.25, -0.2) is 4.98 Å². The van der Waals surface area contributed by atoms with E-state index < -0.39 is 35.7 Å². The van der Waals surface area contributed by atoms with Crippen molar-refractivity contribution >= 4 is 23.5 Å². The van der Waals surface area contributed by atoms with Crippen LogP contribution in [0.3, 0.4) is 0 Å². The van der Waals surface area contributed by atoms with Crippen LogP contribution in [0.2, 0.25) is 5.02 Å². The smallest absolute Gasteiger partial charge is 0.421 e. The summed E-state index contributed by atoms with van der Waals surface area (Å²) in [5, 5.41) is 16.5. The minimum absolute atomic E-state index is 0.0242. The summed E-state index contributed by atoms with van der Waals surface area (Å²) >= 11 is 7.12. The molecule has 1 saturated carbocycles. The number of halogens is 4. The van der Waals surface area contributed by atoms with Crippen LogP contribution < -0.4 is 24.8 Å². The number of pyridine rings is 2. The van der Waals surface area contributed by atoms with Gasteiger partial charge in [0.25, 0.3) is 0 Å². The van der Waals surface area contributed by atoms with Gasteiger partial charge in [-0.05, 0) is 66.8 Å². The number of ether oxygens (including phenoxy) is 3. The third kappa shape index (κ3) is 7.37. The topological polar surface area (TPSA) is 135 Å². The highest BCUT2D eigenvalue weighted by Gasteiger charge is 2.54. The predicted molar refractivity (Wildman–Crippen MR) is 201 cm³/mol. The molecule has 4 heterocycles. The fraction of sp³-hybridized carbons (Fsp3) is 0.415. The Morgan fingerprint density at radius 2 is 1.71 bits per heavy atom. The van der Waals surface area contributed by atoms with Crippen molar-refractivity contribution in [1.82, 2.24) is 25.5 Å². The summed E-state index contributed by atoms with van der Waals surface area (Å²) in [6.45, 7) is 1.10. The number of nitrogens with zero attached hydrogens (tertiary/aromatic N) is 3. The number of carbonyl (C=O) groups is 2. The molecule has 15 heteroatoms. The van der Waals surface area contributed by atoms with Crippen LogP contribution in [0.1, 0.15) is 66.0 Å². The van der Waals surface area contributed by atoms with Crippen molar-refractivity contribution in [3.8, 4) is 40.0 Å². The minimum atomic E-state index is -4.79. The number of likely N-dealkylation sites (tertiary alicyclic amines) is 1. The van der Waals surface area contributed by atoms with Crippen LogP contribution in [0.15, 0.2) is 54.6 Å². The van der Waals surface area contributed by atoms with Gasteiger partial charge in [0.2, 0.25) is 23.5 Å². The first-order valence-corrected chi connectivity index (χ1v) is 19.1. The van der Waals surface area contributed by atoms with Gasteiger partial charge < -0.3 is 30.0 Å². The zero-order valence-electron chi connectivity index (χ0n) is 30.8. The lowest BCUT2D eigenvalue weighted by atomic mass is 9.94. The highest BCUT2D eigenvalue weighted by molar-refractivity contribution is 6.36. The number of hydrogen-bond donors (Lipinski definition) is 3. The zero-order chi connectivity index (χ0) is 39.3. The van der Waals surface area contributed by atoms with Crippen molar-refractivity contribution in [3.05, 3.63) is 87.4 Å². The number of nitrogens with one attached hydrogen (secondary N) is 2. The molecule has 8 rings (SSSR count). The maximum Gasteiger partial charge on any atom is 0.421 e. The van der Waals surface area contributed by atoms with E-state index in [1.54, 1.807) is 12.0 Å². The van der Waals surface area contributed by atoms with Crippen molar-refractivity contribution in [1.29, 1.82) is 0 Å². The summed E-state index contributed by atoms with van der Waals surface area (Å²) in [5.41, 5.74) is 4.48. The number of amides is 1. The number of hydrogen-bond acceptors (Lipinski definition) is 9. The Balaban J connectivity index is 1.04. The van der Waals surface area contributed by atoms with Crippen LogP contribution in [-0.4, -0.2) is 70.7 Å². The van der Waals surface area contributed by atoms with E-state index in [9.17, 15) is 27.9 Å². The number of rotatable bonds is 13. The molecule has 2 aromatic heterocycles. The maximum absolute atomic E-state index is 14.6. The van der Waals surface area contributed by atoms with Crippen LogP contribution in [0, 0.1) is 5.92 Å². The van der Waals surface area contributed by atoms with E-state index in [1.165, 1.54) is 7.11 Å².